The molecular formula is C16H23NO2. The lowest BCUT2D eigenvalue weighted by Crippen LogP contribution is -2.35. The van der Waals surface area contributed by atoms with E-state index in [0.717, 1.165) is 29.9 Å². The summed E-state index contributed by atoms with van der Waals surface area (Å²) in [6, 6.07) is 6.77. The first-order valence-electron chi connectivity index (χ1n) is 7.35. The van der Waals surface area contributed by atoms with Crippen LogP contribution >= 0.6 is 0 Å². The van der Waals surface area contributed by atoms with E-state index in [2.05, 4.69) is 25.2 Å². The average molecular weight is 261 g/mol. The van der Waals surface area contributed by atoms with Gasteiger partial charge in [-0.05, 0) is 37.2 Å². The molecule has 0 amide bonds. The van der Waals surface area contributed by atoms with Crippen molar-refractivity contribution in [2.75, 3.05) is 6.79 Å². The minimum absolute atomic E-state index is 0.352. The lowest BCUT2D eigenvalue weighted by atomic mass is 9.79. The summed E-state index contributed by atoms with van der Waals surface area (Å²) in [7, 11) is 0. The first-order valence-corrected chi connectivity index (χ1v) is 7.35. The van der Waals surface area contributed by atoms with Gasteiger partial charge in [-0.1, -0.05) is 26.0 Å². The molecule has 3 heteroatoms. The Balaban J connectivity index is 1.60. The molecule has 1 aliphatic heterocycles. The molecule has 1 aliphatic carbocycles. The lowest BCUT2D eigenvalue weighted by molar-refractivity contribution is 0.173. The number of rotatable bonds is 3. The maximum atomic E-state index is 5.55. The monoisotopic (exact) mass is 261 g/mol. The summed E-state index contributed by atoms with van der Waals surface area (Å²) in [5.74, 6) is 3.50. The number of fused-ring (bicyclic) bond motifs is 1. The van der Waals surface area contributed by atoms with Crippen molar-refractivity contribution in [3.63, 3.8) is 0 Å². The van der Waals surface area contributed by atoms with E-state index in [1.165, 1.54) is 24.8 Å². The molecule has 0 radical (unpaired) electrons. The summed E-state index contributed by atoms with van der Waals surface area (Å²) in [4.78, 5) is 0. The quantitative estimate of drug-likeness (QED) is 0.905. The molecule has 3 rings (SSSR count). The van der Waals surface area contributed by atoms with Crippen LogP contribution in [0.15, 0.2) is 18.2 Å². The van der Waals surface area contributed by atoms with Gasteiger partial charge in [-0.15, -0.1) is 0 Å². The fraction of sp³-hybridized carbons (Fsp3) is 0.625. The van der Waals surface area contributed by atoms with Crippen LogP contribution in [0.3, 0.4) is 0 Å². The number of hydrogen-bond acceptors (Lipinski definition) is 3. The second-order valence-electron chi connectivity index (χ2n) is 6.00. The predicted molar refractivity (Wildman–Crippen MR) is 75.4 cm³/mol. The highest BCUT2D eigenvalue weighted by Gasteiger charge is 2.24. The average Bonchev–Trinajstić information content (AvgIpc) is 2.89. The second-order valence-corrected chi connectivity index (χ2v) is 6.00. The van der Waals surface area contributed by atoms with Crippen molar-refractivity contribution in [2.45, 2.75) is 45.7 Å². The number of nitrogens with one attached hydrogen (secondary N) is 1. The Labute approximate surface area is 115 Å². The van der Waals surface area contributed by atoms with Gasteiger partial charge in [0.25, 0.3) is 0 Å². The van der Waals surface area contributed by atoms with Crippen molar-refractivity contribution in [1.82, 2.24) is 5.32 Å². The Morgan fingerprint density at radius 2 is 2.05 bits per heavy atom. The third-order valence-electron chi connectivity index (χ3n) is 4.66. The standard InChI is InChI=1S/C16H23NO2/c1-11-6-7-14(8-12(11)2)17-9-13-4-3-5-15-16(13)19-10-18-15/h3-5,11-12,14,17H,6-10H2,1-2H3. The zero-order valence-electron chi connectivity index (χ0n) is 11.8. The van der Waals surface area contributed by atoms with E-state index in [0.29, 0.717) is 12.8 Å². The number of benzene rings is 1. The van der Waals surface area contributed by atoms with Crippen molar-refractivity contribution in [3.8, 4) is 11.5 Å². The first kappa shape index (κ1) is 12.8. The molecule has 2 aliphatic rings. The Kier molecular flexibility index (Phi) is 3.65. The predicted octanol–water partition coefficient (Wildman–Crippen LogP) is 3.33. The first-order chi connectivity index (χ1) is 9.24. The molecule has 3 unspecified atom stereocenters. The van der Waals surface area contributed by atoms with Gasteiger partial charge in [-0.25, -0.2) is 0 Å². The molecular weight excluding hydrogens is 238 g/mol. The summed E-state index contributed by atoms with van der Waals surface area (Å²) in [6.45, 7) is 5.97. The zero-order chi connectivity index (χ0) is 13.2. The van der Waals surface area contributed by atoms with E-state index < -0.39 is 0 Å². The van der Waals surface area contributed by atoms with Gasteiger partial charge in [-0.2, -0.15) is 0 Å². The van der Waals surface area contributed by atoms with E-state index in [1.807, 2.05) is 12.1 Å². The Morgan fingerprint density at radius 3 is 2.89 bits per heavy atom. The molecule has 1 N–H and O–H groups in total. The topological polar surface area (TPSA) is 30.5 Å². The molecule has 1 aromatic carbocycles. The lowest BCUT2D eigenvalue weighted by Gasteiger charge is -2.32. The van der Waals surface area contributed by atoms with Crippen molar-refractivity contribution >= 4 is 0 Å². The molecule has 1 heterocycles. The molecule has 0 spiro atoms. The van der Waals surface area contributed by atoms with Crippen molar-refractivity contribution in [1.29, 1.82) is 0 Å². The van der Waals surface area contributed by atoms with Crippen molar-refractivity contribution < 1.29 is 9.47 Å². The fourth-order valence-electron chi connectivity index (χ4n) is 3.12. The summed E-state index contributed by atoms with van der Waals surface area (Å²) < 4.78 is 11.0. The minimum atomic E-state index is 0.352. The van der Waals surface area contributed by atoms with Gasteiger partial charge in [0.05, 0.1) is 0 Å². The number of ether oxygens (including phenoxy) is 2. The van der Waals surface area contributed by atoms with Gasteiger partial charge in [0.2, 0.25) is 6.79 Å². The number of hydrogen-bond donors (Lipinski definition) is 1. The molecule has 104 valence electrons. The van der Waals surface area contributed by atoms with Crippen LogP contribution in [0.2, 0.25) is 0 Å². The van der Waals surface area contributed by atoms with Gasteiger partial charge in [0.15, 0.2) is 11.5 Å². The summed E-state index contributed by atoms with van der Waals surface area (Å²) >= 11 is 0. The molecule has 1 saturated carbocycles. The van der Waals surface area contributed by atoms with Crippen LogP contribution in [0.1, 0.15) is 38.7 Å². The highest BCUT2D eigenvalue weighted by molar-refractivity contribution is 5.48. The Hall–Kier alpha value is -1.22. The van der Waals surface area contributed by atoms with Gasteiger partial charge in [0.1, 0.15) is 0 Å². The van der Waals surface area contributed by atoms with E-state index in [-0.39, 0.29) is 0 Å². The van der Waals surface area contributed by atoms with Gasteiger partial charge >= 0.3 is 0 Å². The molecule has 0 bridgehead atoms. The normalized spacial score (nSPS) is 29.5. The smallest absolute Gasteiger partial charge is 0.231 e. The maximum absolute atomic E-state index is 5.55. The van der Waals surface area contributed by atoms with Crippen LogP contribution in [0.5, 0.6) is 11.5 Å². The highest BCUT2D eigenvalue weighted by Crippen LogP contribution is 2.35. The van der Waals surface area contributed by atoms with E-state index in [9.17, 15) is 0 Å². The molecule has 1 aromatic rings. The zero-order valence-corrected chi connectivity index (χ0v) is 11.8. The third-order valence-corrected chi connectivity index (χ3v) is 4.66. The molecule has 19 heavy (non-hydrogen) atoms. The highest BCUT2D eigenvalue weighted by atomic mass is 16.7. The van der Waals surface area contributed by atoms with Crippen molar-refractivity contribution in [2.24, 2.45) is 11.8 Å². The summed E-state index contributed by atoms with van der Waals surface area (Å²) in [5.41, 5.74) is 1.21. The molecule has 3 atom stereocenters. The largest absolute Gasteiger partial charge is 0.454 e. The summed E-state index contributed by atoms with van der Waals surface area (Å²) in [6.07, 6.45) is 3.91. The van der Waals surface area contributed by atoms with Gasteiger partial charge in [-0.3, -0.25) is 0 Å². The Bertz CT molecular complexity index is 446. The SMILES string of the molecule is CC1CCC(NCc2cccc3c2OCO3)CC1C. The second kappa shape index (κ2) is 5.41. The number of para-hydroxylation sites is 1. The maximum Gasteiger partial charge on any atom is 0.231 e. The van der Waals surface area contributed by atoms with Gasteiger partial charge in [0, 0.05) is 18.2 Å². The fourth-order valence-corrected chi connectivity index (χ4v) is 3.12. The van der Waals surface area contributed by atoms with Crippen LogP contribution in [-0.2, 0) is 6.54 Å². The molecule has 0 aromatic heterocycles. The van der Waals surface area contributed by atoms with Crippen LogP contribution in [0.25, 0.3) is 0 Å². The van der Waals surface area contributed by atoms with E-state index in [4.69, 9.17) is 9.47 Å². The Morgan fingerprint density at radius 1 is 1.16 bits per heavy atom. The minimum Gasteiger partial charge on any atom is -0.454 e. The van der Waals surface area contributed by atoms with Crippen LogP contribution in [0, 0.1) is 11.8 Å². The van der Waals surface area contributed by atoms with Crippen LogP contribution < -0.4 is 14.8 Å². The molecule has 0 saturated heterocycles. The van der Waals surface area contributed by atoms with E-state index in [1.54, 1.807) is 0 Å². The summed E-state index contributed by atoms with van der Waals surface area (Å²) in [5, 5.41) is 3.68. The molecule has 3 nitrogen and oxygen atoms in total. The van der Waals surface area contributed by atoms with Gasteiger partial charge < -0.3 is 14.8 Å². The van der Waals surface area contributed by atoms with Crippen molar-refractivity contribution in [3.05, 3.63) is 23.8 Å². The van der Waals surface area contributed by atoms with E-state index >= 15 is 0 Å². The third kappa shape index (κ3) is 2.71. The molecule has 1 fully saturated rings. The van der Waals surface area contributed by atoms with Crippen LogP contribution in [-0.4, -0.2) is 12.8 Å². The van der Waals surface area contributed by atoms with Crippen LogP contribution in [0.4, 0.5) is 0 Å².